The summed E-state index contributed by atoms with van der Waals surface area (Å²) >= 11 is 1.41. The molecular weight excluding hydrogens is 554 g/mol. The number of sulfonamides is 1. The van der Waals surface area contributed by atoms with Gasteiger partial charge in [0.05, 0.1) is 28.3 Å². The van der Waals surface area contributed by atoms with Crippen LogP contribution in [0.1, 0.15) is 24.2 Å². The molecule has 0 bridgehead atoms. The van der Waals surface area contributed by atoms with Crippen LogP contribution in [-0.2, 0) is 14.8 Å². The van der Waals surface area contributed by atoms with Gasteiger partial charge in [-0.15, -0.1) is 0 Å². The molecule has 0 radical (unpaired) electrons. The topological polar surface area (TPSA) is 113 Å². The van der Waals surface area contributed by atoms with Gasteiger partial charge in [0.1, 0.15) is 5.75 Å². The molecule has 0 atom stereocenters. The second-order valence-corrected chi connectivity index (χ2v) is 12.4. The SMILES string of the molecule is CCOC(=O)N1CCN(S(=O)(=O)c2ccc(C(=O)N(CCN(C)C)c3nc4ccc(OCC)cc4s3)cc2)CC1. The number of carbonyl (C=O) groups excluding carboxylic acids is 2. The van der Waals surface area contributed by atoms with E-state index in [1.54, 1.807) is 11.8 Å². The van der Waals surface area contributed by atoms with Crippen molar-refractivity contribution >= 4 is 48.7 Å². The summed E-state index contributed by atoms with van der Waals surface area (Å²) in [5.74, 6) is 0.480. The number of rotatable bonds is 10. The van der Waals surface area contributed by atoms with E-state index in [0.717, 1.165) is 16.0 Å². The number of nitrogens with zero attached hydrogens (tertiary/aromatic N) is 5. The van der Waals surface area contributed by atoms with Crippen molar-refractivity contribution in [2.45, 2.75) is 18.7 Å². The zero-order valence-electron chi connectivity index (χ0n) is 23.2. The largest absolute Gasteiger partial charge is 0.494 e. The van der Waals surface area contributed by atoms with E-state index in [1.807, 2.05) is 44.1 Å². The van der Waals surface area contributed by atoms with Gasteiger partial charge in [0.15, 0.2) is 5.13 Å². The number of amides is 2. The van der Waals surface area contributed by atoms with Crippen molar-refractivity contribution in [1.82, 2.24) is 19.1 Å². The lowest BCUT2D eigenvalue weighted by atomic mass is 10.2. The number of benzene rings is 2. The Bertz CT molecular complexity index is 1430. The summed E-state index contributed by atoms with van der Waals surface area (Å²) in [5, 5.41) is 0.562. The summed E-state index contributed by atoms with van der Waals surface area (Å²) in [7, 11) is 0.0791. The smallest absolute Gasteiger partial charge is 0.409 e. The highest BCUT2D eigenvalue weighted by Gasteiger charge is 2.31. The zero-order valence-corrected chi connectivity index (χ0v) is 24.8. The molecule has 1 saturated heterocycles. The summed E-state index contributed by atoms with van der Waals surface area (Å²) in [5.41, 5.74) is 1.13. The Labute approximate surface area is 238 Å². The summed E-state index contributed by atoms with van der Waals surface area (Å²) in [6.45, 7) is 6.35. The minimum absolute atomic E-state index is 0.0944. The van der Waals surface area contributed by atoms with Gasteiger partial charge in [-0.05, 0) is 70.4 Å². The number of hydrogen-bond donors (Lipinski definition) is 0. The van der Waals surface area contributed by atoms with Gasteiger partial charge in [-0.2, -0.15) is 4.31 Å². The number of thiazole rings is 1. The van der Waals surface area contributed by atoms with Gasteiger partial charge in [-0.1, -0.05) is 11.3 Å². The molecule has 216 valence electrons. The number of fused-ring (bicyclic) bond motifs is 1. The number of hydrogen-bond acceptors (Lipinski definition) is 9. The molecule has 1 aliphatic rings. The van der Waals surface area contributed by atoms with Gasteiger partial charge in [0.2, 0.25) is 10.0 Å². The van der Waals surface area contributed by atoms with E-state index in [2.05, 4.69) is 0 Å². The first-order valence-corrected chi connectivity index (χ1v) is 15.4. The third-order valence-corrected chi connectivity index (χ3v) is 9.36. The van der Waals surface area contributed by atoms with E-state index >= 15 is 0 Å². The van der Waals surface area contributed by atoms with Crippen molar-refractivity contribution < 1.29 is 27.5 Å². The monoisotopic (exact) mass is 589 g/mol. The van der Waals surface area contributed by atoms with Crippen molar-refractivity contribution in [3.63, 3.8) is 0 Å². The normalized spacial score (nSPS) is 14.5. The number of aromatic nitrogens is 1. The van der Waals surface area contributed by atoms with Crippen molar-refractivity contribution in [3.8, 4) is 5.75 Å². The van der Waals surface area contributed by atoms with Crippen LogP contribution in [0.2, 0.25) is 0 Å². The predicted octanol–water partition coefficient (Wildman–Crippen LogP) is 3.37. The second kappa shape index (κ2) is 12.9. The van der Waals surface area contributed by atoms with Crippen LogP contribution in [0.15, 0.2) is 47.4 Å². The fourth-order valence-electron chi connectivity index (χ4n) is 4.25. The number of likely N-dealkylation sites (N-methyl/N-ethyl adjacent to an activating group) is 1. The Morgan fingerprint density at radius 3 is 2.30 bits per heavy atom. The summed E-state index contributed by atoms with van der Waals surface area (Å²) in [6.07, 6.45) is -0.441. The molecule has 1 aromatic heterocycles. The molecule has 0 spiro atoms. The highest BCUT2D eigenvalue weighted by molar-refractivity contribution is 7.89. The van der Waals surface area contributed by atoms with Gasteiger partial charge in [0, 0.05) is 44.8 Å². The van der Waals surface area contributed by atoms with Crippen molar-refractivity contribution in [1.29, 1.82) is 0 Å². The molecule has 0 aliphatic carbocycles. The quantitative estimate of drug-likeness (QED) is 0.354. The number of anilines is 1. The van der Waals surface area contributed by atoms with Crippen LogP contribution < -0.4 is 9.64 Å². The molecule has 4 rings (SSSR count). The van der Waals surface area contributed by atoms with Crippen LogP contribution in [0.25, 0.3) is 10.2 Å². The standard InChI is InChI=1S/C27H35N5O6S2/c1-5-37-21-9-12-23-24(19-21)39-26(28-23)32(18-13-29(3)4)25(33)20-7-10-22(11-8-20)40(35,36)31-16-14-30(15-17-31)27(34)38-6-2/h7-12,19H,5-6,13-18H2,1-4H3. The lowest BCUT2D eigenvalue weighted by molar-refractivity contribution is 0.0933. The zero-order chi connectivity index (χ0) is 28.9. The average Bonchev–Trinajstić information content (AvgIpc) is 3.36. The lowest BCUT2D eigenvalue weighted by Crippen LogP contribution is -2.50. The highest BCUT2D eigenvalue weighted by Crippen LogP contribution is 2.32. The number of piperazine rings is 1. The van der Waals surface area contributed by atoms with Crippen LogP contribution in [0.5, 0.6) is 5.75 Å². The number of carbonyl (C=O) groups is 2. The van der Waals surface area contributed by atoms with Crippen molar-refractivity contribution in [2.75, 3.05) is 71.5 Å². The molecule has 0 unspecified atom stereocenters. The first-order valence-electron chi connectivity index (χ1n) is 13.2. The molecule has 13 heteroatoms. The second-order valence-electron chi connectivity index (χ2n) is 9.43. The van der Waals surface area contributed by atoms with E-state index in [0.29, 0.717) is 30.4 Å². The first kappa shape index (κ1) is 29.7. The maximum Gasteiger partial charge on any atom is 0.409 e. The third-order valence-electron chi connectivity index (χ3n) is 6.41. The van der Waals surface area contributed by atoms with Gasteiger partial charge < -0.3 is 19.3 Å². The van der Waals surface area contributed by atoms with E-state index < -0.39 is 16.1 Å². The minimum Gasteiger partial charge on any atom is -0.494 e. The molecule has 1 aliphatic heterocycles. The van der Waals surface area contributed by atoms with Crippen LogP contribution in [0.4, 0.5) is 9.93 Å². The Morgan fingerprint density at radius 2 is 1.68 bits per heavy atom. The van der Waals surface area contributed by atoms with Crippen molar-refractivity contribution in [2.24, 2.45) is 0 Å². The third kappa shape index (κ3) is 6.72. The minimum atomic E-state index is -3.79. The summed E-state index contributed by atoms with van der Waals surface area (Å²) in [6, 6.07) is 11.6. The molecule has 0 N–H and O–H groups in total. The van der Waals surface area contributed by atoms with Crippen molar-refractivity contribution in [3.05, 3.63) is 48.0 Å². The molecule has 2 heterocycles. The fraction of sp³-hybridized carbons (Fsp3) is 0.444. The average molecular weight is 590 g/mol. The van der Waals surface area contributed by atoms with Gasteiger partial charge >= 0.3 is 6.09 Å². The summed E-state index contributed by atoms with van der Waals surface area (Å²) in [4.78, 5) is 35.5. The van der Waals surface area contributed by atoms with Gasteiger partial charge in [-0.25, -0.2) is 18.2 Å². The van der Waals surface area contributed by atoms with E-state index in [-0.39, 0.29) is 43.6 Å². The van der Waals surface area contributed by atoms with Crippen LogP contribution in [-0.4, -0.2) is 106 Å². The lowest BCUT2D eigenvalue weighted by Gasteiger charge is -2.33. The molecule has 3 aromatic rings. The molecule has 1 fully saturated rings. The Balaban J connectivity index is 1.52. The molecular formula is C27H35N5O6S2. The maximum absolute atomic E-state index is 13.7. The molecule has 2 aromatic carbocycles. The van der Waals surface area contributed by atoms with Crippen LogP contribution in [0.3, 0.4) is 0 Å². The molecule has 40 heavy (non-hydrogen) atoms. The van der Waals surface area contributed by atoms with E-state index in [4.69, 9.17) is 14.5 Å². The Kier molecular flexibility index (Phi) is 9.61. The van der Waals surface area contributed by atoms with E-state index in [9.17, 15) is 18.0 Å². The predicted molar refractivity (Wildman–Crippen MR) is 155 cm³/mol. The molecule has 0 saturated carbocycles. The highest BCUT2D eigenvalue weighted by atomic mass is 32.2. The van der Waals surface area contributed by atoms with Crippen LogP contribution in [0, 0.1) is 0 Å². The van der Waals surface area contributed by atoms with Gasteiger partial charge in [0.25, 0.3) is 5.91 Å². The number of ether oxygens (including phenoxy) is 2. The maximum atomic E-state index is 13.7. The first-order chi connectivity index (χ1) is 19.1. The molecule has 2 amide bonds. The van der Waals surface area contributed by atoms with Gasteiger partial charge in [-0.3, -0.25) is 9.69 Å². The Morgan fingerprint density at radius 1 is 0.975 bits per heavy atom. The fourth-order valence-corrected chi connectivity index (χ4v) is 6.69. The summed E-state index contributed by atoms with van der Waals surface area (Å²) < 4.78 is 39.4. The molecule has 11 nitrogen and oxygen atoms in total. The van der Waals surface area contributed by atoms with Crippen LogP contribution >= 0.6 is 11.3 Å². The van der Waals surface area contributed by atoms with E-state index in [1.165, 1.54) is 44.8 Å². The Hall–Kier alpha value is -3.26.